The van der Waals surface area contributed by atoms with E-state index in [0.29, 0.717) is 28.4 Å². The van der Waals surface area contributed by atoms with Gasteiger partial charge >= 0.3 is 5.97 Å². The zero-order chi connectivity index (χ0) is 19.2. The molecule has 0 aliphatic heterocycles. The second-order valence-electron chi connectivity index (χ2n) is 6.76. The first-order chi connectivity index (χ1) is 12.3. The summed E-state index contributed by atoms with van der Waals surface area (Å²) in [4.78, 5) is 12.4. The van der Waals surface area contributed by atoms with E-state index in [1.165, 1.54) is 0 Å². The normalized spacial score (nSPS) is 12.7. The van der Waals surface area contributed by atoms with Crippen molar-refractivity contribution >= 4 is 17.5 Å². The number of nitrogens with zero attached hydrogens (tertiary/aromatic N) is 2. The lowest BCUT2D eigenvalue weighted by molar-refractivity contribution is 0.0532. The Balaban J connectivity index is 2.12. The number of hydrogen-bond donors (Lipinski definition) is 2. The Bertz CT molecular complexity index is 727. The Kier molecular flexibility index (Phi) is 7.07. The molecule has 1 aromatic carbocycles. The van der Waals surface area contributed by atoms with E-state index in [1.54, 1.807) is 19.1 Å². The lowest BCUT2D eigenvalue weighted by Crippen LogP contribution is -2.42. The molecule has 26 heavy (non-hydrogen) atoms. The number of carbonyl (C=O) groups excluding carboxylic acids is 1. The molecule has 0 saturated heterocycles. The number of aliphatic hydroxyl groups is 1. The fraction of sp³-hybridized carbons (Fsp3) is 0.500. The summed E-state index contributed by atoms with van der Waals surface area (Å²) in [5.41, 5.74) is 0.978. The lowest BCUT2D eigenvalue weighted by Gasteiger charge is -2.23. The minimum absolute atomic E-state index is 0.0836. The molecule has 0 bridgehead atoms. The van der Waals surface area contributed by atoms with E-state index in [2.05, 4.69) is 14.9 Å². The van der Waals surface area contributed by atoms with Gasteiger partial charge in [0.25, 0.3) is 0 Å². The van der Waals surface area contributed by atoms with Gasteiger partial charge < -0.3 is 19.9 Å². The number of nitrogens with one attached hydrogen (secondary N) is 1. The van der Waals surface area contributed by atoms with Gasteiger partial charge in [-0.3, -0.25) is 0 Å². The van der Waals surface area contributed by atoms with Crippen LogP contribution in [0.3, 0.4) is 0 Å². The fourth-order valence-electron chi connectivity index (χ4n) is 2.15. The van der Waals surface area contributed by atoms with Crippen LogP contribution in [0, 0.1) is 0 Å². The van der Waals surface area contributed by atoms with Crippen molar-refractivity contribution in [2.45, 2.75) is 39.3 Å². The molecule has 2 N–H and O–H groups in total. The van der Waals surface area contributed by atoms with E-state index < -0.39 is 12.1 Å². The van der Waals surface area contributed by atoms with Crippen molar-refractivity contribution in [1.29, 1.82) is 0 Å². The van der Waals surface area contributed by atoms with Gasteiger partial charge in [-0.15, -0.1) is 5.10 Å². The zero-order valence-electron chi connectivity index (χ0n) is 15.5. The van der Waals surface area contributed by atoms with Crippen LogP contribution in [0.1, 0.15) is 37.4 Å². The first-order valence-corrected chi connectivity index (χ1v) is 9.24. The molecular formula is C18H25N3O4S. The van der Waals surface area contributed by atoms with Crippen molar-refractivity contribution in [2.24, 2.45) is 0 Å². The Hall–Kier alpha value is -2.03. The summed E-state index contributed by atoms with van der Waals surface area (Å²) in [6.07, 6.45) is -0.666. The van der Waals surface area contributed by atoms with Crippen LogP contribution in [0.15, 0.2) is 24.3 Å². The topological polar surface area (TPSA) is 93.6 Å². The average Bonchev–Trinajstić information content (AvgIpc) is 3.07. The second-order valence-corrected chi connectivity index (χ2v) is 7.52. The summed E-state index contributed by atoms with van der Waals surface area (Å²) in [6, 6.07) is 7.22. The summed E-state index contributed by atoms with van der Waals surface area (Å²) in [6.45, 7) is 8.65. The summed E-state index contributed by atoms with van der Waals surface area (Å²) >= 11 is 0.986. The molecule has 7 nitrogen and oxygen atoms in total. The quantitative estimate of drug-likeness (QED) is 0.681. The third kappa shape index (κ3) is 5.76. The minimum atomic E-state index is -0.666. The van der Waals surface area contributed by atoms with Gasteiger partial charge in [0.15, 0.2) is 4.88 Å². The first kappa shape index (κ1) is 20.3. The molecule has 0 aliphatic carbocycles. The number of aliphatic hydroxyl groups excluding tert-OH is 1. The van der Waals surface area contributed by atoms with Crippen molar-refractivity contribution in [1.82, 2.24) is 14.9 Å². The minimum Gasteiger partial charge on any atom is -0.490 e. The number of rotatable bonds is 8. The van der Waals surface area contributed by atoms with E-state index in [-0.39, 0.29) is 18.8 Å². The van der Waals surface area contributed by atoms with Crippen LogP contribution >= 0.6 is 11.5 Å². The average molecular weight is 379 g/mol. The van der Waals surface area contributed by atoms with E-state index >= 15 is 0 Å². The molecule has 0 spiro atoms. The van der Waals surface area contributed by atoms with Gasteiger partial charge in [-0.05, 0) is 51.4 Å². The third-order valence-electron chi connectivity index (χ3n) is 3.39. The molecule has 142 valence electrons. The maximum Gasteiger partial charge on any atom is 0.352 e. The largest absolute Gasteiger partial charge is 0.490 e. The SMILES string of the molecule is CCOC(=O)c1snnc1-c1ccccc1OCC(O)CNC(C)(C)C. The number of β-amino-alcohol motifs (C(OH)–C–C–N with tert-alkyl or cyclic N) is 1. The van der Waals surface area contributed by atoms with Crippen LogP contribution in [0.4, 0.5) is 0 Å². The predicted molar refractivity (Wildman–Crippen MR) is 101 cm³/mol. The third-order valence-corrected chi connectivity index (χ3v) is 4.10. The molecule has 0 radical (unpaired) electrons. The highest BCUT2D eigenvalue weighted by Gasteiger charge is 2.22. The van der Waals surface area contributed by atoms with Gasteiger partial charge in [0.05, 0.1) is 6.61 Å². The molecule has 0 saturated carbocycles. The number of hydrogen-bond acceptors (Lipinski definition) is 8. The van der Waals surface area contributed by atoms with Crippen LogP contribution < -0.4 is 10.1 Å². The van der Waals surface area contributed by atoms with Gasteiger partial charge in [-0.1, -0.05) is 16.6 Å². The Morgan fingerprint density at radius 3 is 2.77 bits per heavy atom. The summed E-state index contributed by atoms with van der Waals surface area (Å²) in [5.74, 6) is 0.0715. The van der Waals surface area contributed by atoms with Gasteiger partial charge in [-0.25, -0.2) is 4.79 Å². The van der Waals surface area contributed by atoms with Gasteiger partial charge in [0.1, 0.15) is 24.2 Å². The zero-order valence-corrected chi connectivity index (χ0v) is 16.3. The van der Waals surface area contributed by atoms with Crippen LogP contribution in [0.5, 0.6) is 5.75 Å². The fourth-order valence-corrected chi connectivity index (χ4v) is 2.73. The molecule has 2 rings (SSSR count). The number of benzene rings is 1. The summed E-state index contributed by atoms with van der Waals surface area (Å²) < 4.78 is 14.7. The number of carbonyl (C=O) groups is 1. The number of para-hydroxylation sites is 1. The van der Waals surface area contributed by atoms with Gasteiger partial charge in [0, 0.05) is 17.6 Å². The Labute approximate surface area is 157 Å². The second kappa shape index (κ2) is 9.07. The van der Waals surface area contributed by atoms with E-state index in [0.717, 1.165) is 11.5 Å². The van der Waals surface area contributed by atoms with E-state index in [4.69, 9.17) is 9.47 Å². The van der Waals surface area contributed by atoms with Gasteiger partial charge in [0.2, 0.25) is 0 Å². The van der Waals surface area contributed by atoms with Crippen LogP contribution in [0.25, 0.3) is 11.3 Å². The predicted octanol–water partition coefficient (Wildman–Crippen LogP) is 2.51. The smallest absolute Gasteiger partial charge is 0.352 e. The van der Waals surface area contributed by atoms with E-state index in [1.807, 2.05) is 32.9 Å². The van der Waals surface area contributed by atoms with Crippen molar-refractivity contribution in [3.63, 3.8) is 0 Å². The maximum absolute atomic E-state index is 12.1. The van der Waals surface area contributed by atoms with Gasteiger partial charge in [-0.2, -0.15) is 0 Å². The summed E-state index contributed by atoms with van der Waals surface area (Å²) in [7, 11) is 0. The summed E-state index contributed by atoms with van der Waals surface area (Å²) in [5, 5.41) is 17.4. The van der Waals surface area contributed by atoms with Crippen LogP contribution in [-0.2, 0) is 4.74 Å². The Morgan fingerprint density at radius 1 is 1.35 bits per heavy atom. The van der Waals surface area contributed by atoms with Crippen LogP contribution in [0.2, 0.25) is 0 Å². The van der Waals surface area contributed by atoms with Crippen molar-refractivity contribution in [3.8, 4) is 17.0 Å². The highest BCUT2D eigenvalue weighted by atomic mass is 32.1. The number of aromatic nitrogens is 2. The highest BCUT2D eigenvalue weighted by Crippen LogP contribution is 2.32. The number of esters is 1. The first-order valence-electron chi connectivity index (χ1n) is 8.46. The van der Waals surface area contributed by atoms with E-state index in [9.17, 15) is 9.90 Å². The molecule has 1 aromatic heterocycles. The Morgan fingerprint density at radius 2 is 2.08 bits per heavy atom. The lowest BCUT2D eigenvalue weighted by atomic mass is 10.1. The molecular weight excluding hydrogens is 354 g/mol. The van der Waals surface area contributed by atoms with Crippen LogP contribution in [-0.4, -0.2) is 52.1 Å². The van der Waals surface area contributed by atoms with Crippen molar-refractivity contribution < 1.29 is 19.4 Å². The highest BCUT2D eigenvalue weighted by molar-refractivity contribution is 7.08. The number of ether oxygens (including phenoxy) is 2. The molecule has 0 aliphatic rings. The molecule has 1 heterocycles. The molecule has 8 heteroatoms. The maximum atomic E-state index is 12.1. The monoisotopic (exact) mass is 379 g/mol. The molecule has 2 aromatic rings. The standard InChI is InChI=1S/C18H25N3O4S/c1-5-24-17(23)16-15(20-21-26-16)13-8-6-7-9-14(13)25-11-12(22)10-19-18(2,3)4/h6-9,12,19,22H,5,10-11H2,1-4H3. The molecule has 0 fully saturated rings. The molecule has 1 atom stereocenters. The molecule has 1 unspecified atom stereocenters. The van der Waals surface area contributed by atoms with Crippen molar-refractivity contribution in [2.75, 3.05) is 19.8 Å². The molecule has 0 amide bonds. The van der Waals surface area contributed by atoms with Crippen molar-refractivity contribution in [3.05, 3.63) is 29.1 Å².